The van der Waals surface area contributed by atoms with Crippen LogP contribution in [0.15, 0.2) is 42.7 Å². The van der Waals surface area contributed by atoms with Crippen molar-refractivity contribution >= 4 is 40.0 Å². The lowest BCUT2D eigenvalue weighted by atomic mass is 10.2. The minimum absolute atomic E-state index is 0.222. The first-order valence-electron chi connectivity index (χ1n) is 8.48. The van der Waals surface area contributed by atoms with Gasteiger partial charge in [0.15, 0.2) is 18.1 Å². The molecule has 1 amide bonds. The van der Waals surface area contributed by atoms with E-state index in [4.69, 9.17) is 37.4 Å². The van der Waals surface area contributed by atoms with Crippen LogP contribution >= 0.6 is 23.2 Å². The summed E-state index contributed by atoms with van der Waals surface area (Å²) in [6.07, 6.45) is 1.04. The molecule has 28 heavy (non-hydrogen) atoms. The Bertz CT molecular complexity index is 1030. The fraction of sp³-hybridized carbons (Fsp3) is 0.211. The van der Waals surface area contributed by atoms with Gasteiger partial charge in [-0.2, -0.15) is 0 Å². The zero-order valence-corrected chi connectivity index (χ0v) is 16.0. The Labute approximate surface area is 170 Å². The highest BCUT2D eigenvalue weighted by Gasteiger charge is 2.21. The number of halogens is 2. The van der Waals surface area contributed by atoms with Crippen molar-refractivity contribution < 1.29 is 19.0 Å². The molecule has 0 aliphatic carbocycles. The van der Waals surface area contributed by atoms with Crippen molar-refractivity contribution in [2.24, 2.45) is 0 Å². The fourth-order valence-electron chi connectivity index (χ4n) is 2.76. The van der Waals surface area contributed by atoms with E-state index in [1.807, 2.05) is 24.3 Å². The number of nitrogens with one attached hydrogen (secondary N) is 1. The molecule has 2 aromatic carbocycles. The summed E-state index contributed by atoms with van der Waals surface area (Å²) in [7, 11) is 0. The molecule has 0 fully saturated rings. The minimum atomic E-state index is -0.317. The summed E-state index contributed by atoms with van der Waals surface area (Å²) >= 11 is 12.2. The van der Waals surface area contributed by atoms with E-state index in [0.717, 1.165) is 0 Å². The normalized spacial score (nSPS) is 15.3. The average molecular weight is 420 g/mol. The summed E-state index contributed by atoms with van der Waals surface area (Å²) < 4.78 is 17.0. The Balaban J connectivity index is 1.34. The van der Waals surface area contributed by atoms with Crippen LogP contribution in [0.1, 0.15) is 0 Å². The highest BCUT2D eigenvalue weighted by molar-refractivity contribution is 6.38. The van der Waals surface area contributed by atoms with Gasteiger partial charge in [0.2, 0.25) is 5.88 Å². The fourth-order valence-corrected chi connectivity index (χ4v) is 3.30. The highest BCUT2D eigenvalue weighted by atomic mass is 35.5. The topological polar surface area (TPSA) is 82.6 Å². The molecule has 2 heterocycles. The second kappa shape index (κ2) is 8.08. The average Bonchev–Trinajstić information content (AvgIpc) is 2.70. The number of carbonyl (C=O) groups is 1. The van der Waals surface area contributed by atoms with Crippen molar-refractivity contribution in [2.75, 3.05) is 19.8 Å². The second-order valence-electron chi connectivity index (χ2n) is 6.05. The Hall–Kier alpha value is -2.77. The van der Waals surface area contributed by atoms with Gasteiger partial charge < -0.3 is 19.5 Å². The number of rotatable bonds is 5. The zero-order valence-electron chi connectivity index (χ0n) is 14.5. The van der Waals surface area contributed by atoms with Gasteiger partial charge in [-0.1, -0.05) is 35.3 Å². The van der Waals surface area contributed by atoms with Crippen molar-refractivity contribution in [2.45, 2.75) is 6.10 Å². The lowest BCUT2D eigenvalue weighted by molar-refractivity contribution is -0.123. The maximum Gasteiger partial charge on any atom is 0.258 e. The predicted molar refractivity (Wildman–Crippen MR) is 104 cm³/mol. The van der Waals surface area contributed by atoms with Crippen LogP contribution in [0.25, 0.3) is 10.9 Å². The monoisotopic (exact) mass is 419 g/mol. The van der Waals surface area contributed by atoms with Gasteiger partial charge in [0.25, 0.3) is 5.91 Å². The van der Waals surface area contributed by atoms with E-state index >= 15 is 0 Å². The van der Waals surface area contributed by atoms with Crippen LogP contribution in [0.4, 0.5) is 0 Å². The number of hydrogen-bond acceptors (Lipinski definition) is 6. The molecule has 3 aromatic rings. The van der Waals surface area contributed by atoms with Crippen LogP contribution in [0, 0.1) is 0 Å². The summed E-state index contributed by atoms with van der Waals surface area (Å²) in [6, 6.07) is 10.6. The van der Waals surface area contributed by atoms with Gasteiger partial charge in [0.05, 0.1) is 22.5 Å². The number of nitrogens with zero attached hydrogens (tertiary/aromatic N) is 2. The van der Waals surface area contributed by atoms with Gasteiger partial charge in [-0.3, -0.25) is 4.79 Å². The number of fused-ring (bicyclic) bond motifs is 2. The molecule has 0 saturated heterocycles. The van der Waals surface area contributed by atoms with Crippen LogP contribution < -0.4 is 19.5 Å². The Morgan fingerprint density at radius 2 is 2.04 bits per heavy atom. The molecule has 1 unspecified atom stereocenters. The summed E-state index contributed by atoms with van der Waals surface area (Å²) in [6.45, 7) is 0.421. The second-order valence-corrected chi connectivity index (χ2v) is 6.90. The van der Waals surface area contributed by atoms with Crippen LogP contribution in [-0.4, -0.2) is 41.7 Å². The molecule has 0 spiro atoms. The summed E-state index contributed by atoms with van der Waals surface area (Å²) in [5, 5.41) is 4.11. The maximum atomic E-state index is 12.1. The third kappa shape index (κ3) is 4.05. The third-order valence-electron chi connectivity index (χ3n) is 4.05. The summed E-state index contributed by atoms with van der Waals surface area (Å²) in [5.41, 5.74) is 0.503. The standard InChI is InChI=1S/C19H15Cl2N3O4/c20-11-5-13-18(14(21)6-11)23-10-24-19(13)27-9-17(25)22-7-12-8-26-15-3-1-2-4-16(15)28-12/h1-6,10,12H,7-9H2,(H,22,25). The first-order valence-corrected chi connectivity index (χ1v) is 9.23. The van der Waals surface area contributed by atoms with E-state index in [1.54, 1.807) is 12.1 Å². The smallest absolute Gasteiger partial charge is 0.258 e. The van der Waals surface area contributed by atoms with Crippen LogP contribution in [0.3, 0.4) is 0 Å². The van der Waals surface area contributed by atoms with Gasteiger partial charge >= 0.3 is 0 Å². The lowest BCUT2D eigenvalue weighted by Gasteiger charge is -2.26. The quantitative estimate of drug-likeness (QED) is 0.683. The molecule has 7 nitrogen and oxygen atoms in total. The SMILES string of the molecule is O=C(COc1ncnc2c(Cl)cc(Cl)cc12)NCC1COc2ccccc2O1. The Kier molecular flexibility index (Phi) is 5.36. The van der Waals surface area contributed by atoms with Crippen LogP contribution in [-0.2, 0) is 4.79 Å². The molecule has 9 heteroatoms. The molecular formula is C19H15Cl2N3O4. The van der Waals surface area contributed by atoms with Gasteiger partial charge in [-0.25, -0.2) is 9.97 Å². The highest BCUT2D eigenvalue weighted by Crippen LogP contribution is 2.31. The first-order chi connectivity index (χ1) is 13.6. The van der Waals surface area contributed by atoms with Crippen LogP contribution in [0.2, 0.25) is 10.0 Å². The molecule has 4 rings (SSSR count). The van der Waals surface area contributed by atoms with E-state index in [9.17, 15) is 4.79 Å². The van der Waals surface area contributed by atoms with Crippen molar-refractivity contribution in [1.29, 1.82) is 0 Å². The van der Waals surface area contributed by atoms with Crippen molar-refractivity contribution in [3.8, 4) is 17.4 Å². The van der Waals surface area contributed by atoms with Gasteiger partial charge in [0.1, 0.15) is 19.0 Å². The number of para-hydroxylation sites is 2. The molecule has 1 atom stereocenters. The van der Waals surface area contributed by atoms with E-state index in [1.165, 1.54) is 6.33 Å². The van der Waals surface area contributed by atoms with Crippen molar-refractivity contribution in [1.82, 2.24) is 15.3 Å². The van der Waals surface area contributed by atoms with E-state index < -0.39 is 0 Å². The third-order valence-corrected chi connectivity index (χ3v) is 4.56. The van der Waals surface area contributed by atoms with E-state index in [0.29, 0.717) is 45.6 Å². The molecule has 1 aliphatic heterocycles. The summed E-state index contributed by atoms with van der Waals surface area (Å²) in [5.74, 6) is 1.27. The number of benzene rings is 2. The van der Waals surface area contributed by atoms with Gasteiger partial charge in [-0.05, 0) is 24.3 Å². The van der Waals surface area contributed by atoms with E-state index in [2.05, 4.69) is 15.3 Å². The first kappa shape index (κ1) is 18.6. The zero-order chi connectivity index (χ0) is 19.5. The molecule has 0 radical (unpaired) electrons. The predicted octanol–water partition coefficient (Wildman–Crippen LogP) is 3.27. The maximum absolute atomic E-state index is 12.1. The number of amides is 1. The molecule has 0 saturated carbocycles. The largest absolute Gasteiger partial charge is 0.486 e. The Morgan fingerprint density at radius 1 is 1.21 bits per heavy atom. The molecule has 144 valence electrons. The molecular weight excluding hydrogens is 405 g/mol. The molecule has 1 N–H and O–H groups in total. The number of hydrogen-bond donors (Lipinski definition) is 1. The summed E-state index contributed by atoms with van der Waals surface area (Å²) in [4.78, 5) is 20.3. The molecule has 0 bridgehead atoms. The van der Waals surface area contributed by atoms with Gasteiger partial charge in [0, 0.05) is 5.02 Å². The Morgan fingerprint density at radius 3 is 2.89 bits per heavy atom. The number of carbonyl (C=O) groups excluding carboxylic acids is 1. The van der Waals surface area contributed by atoms with Crippen molar-refractivity contribution in [3.05, 3.63) is 52.8 Å². The van der Waals surface area contributed by atoms with E-state index in [-0.39, 0.29) is 24.5 Å². The molecule has 1 aliphatic rings. The number of aromatic nitrogens is 2. The lowest BCUT2D eigenvalue weighted by Crippen LogP contribution is -2.42. The van der Waals surface area contributed by atoms with Gasteiger partial charge in [-0.15, -0.1) is 0 Å². The molecule has 1 aromatic heterocycles. The van der Waals surface area contributed by atoms with Crippen LogP contribution in [0.5, 0.6) is 17.4 Å². The van der Waals surface area contributed by atoms with Crippen molar-refractivity contribution in [3.63, 3.8) is 0 Å². The minimum Gasteiger partial charge on any atom is -0.486 e. The number of ether oxygens (including phenoxy) is 3.